The molecule has 0 saturated carbocycles. The van der Waals surface area contributed by atoms with Crippen molar-refractivity contribution in [1.29, 1.82) is 0 Å². The van der Waals surface area contributed by atoms with E-state index in [0.717, 1.165) is 9.35 Å². The zero-order valence-corrected chi connectivity index (χ0v) is 15.4. The Morgan fingerprint density at radius 2 is 2.14 bits per heavy atom. The Balaban J connectivity index is 2.20. The third kappa shape index (κ3) is 2.16. The van der Waals surface area contributed by atoms with Gasteiger partial charge in [0.2, 0.25) is 0 Å². The second-order valence-corrected chi connectivity index (χ2v) is 7.49. The highest BCUT2D eigenvalue weighted by Crippen LogP contribution is 2.53. The lowest BCUT2D eigenvalue weighted by molar-refractivity contribution is 0.195. The maximum Gasteiger partial charge on any atom is 0.176 e. The van der Waals surface area contributed by atoms with Crippen LogP contribution in [0, 0.1) is 21.1 Å². The number of aromatic nitrogens is 2. The van der Waals surface area contributed by atoms with Crippen LogP contribution in [0.2, 0.25) is 0 Å². The Labute approximate surface area is 140 Å². The number of fused-ring (bicyclic) bond motifs is 1. The molecule has 0 fully saturated rings. The van der Waals surface area contributed by atoms with Crippen LogP contribution < -0.4 is 0 Å². The summed E-state index contributed by atoms with van der Waals surface area (Å²) in [5.74, 6) is 1.35. The van der Waals surface area contributed by atoms with Crippen LogP contribution in [-0.4, -0.2) is 9.55 Å². The Bertz CT molecular complexity index is 700. The summed E-state index contributed by atoms with van der Waals surface area (Å²) >= 11 is 2.37. The Morgan fingerprint density at radius 1 is 1.43 bits per heavy atom. The predicted molar refractivity (Wildman–Crippen MR) is 98.1 cm³/mol. The Morgan fingerprint density at radius 3 is 2.86 bits per heavy atom. The van der Waals surface area contributed by atoms with E-state index in [1.807, 2.05) is 0 Å². The number of benzene rings is 1. The molecule has 1 aliphatic rings. The number of halogens is 1. The van der Waals surface area contributed by atoms with Crippen molar-refractivity contribution in [2.24, 2.45) is 17.3 Å². The smallest absolute Gasteiger partial charge is 0.176 e. The fraction of sp³-hybridized carbons (Fsp3) is 0.500. The largest absolute Gasteiger partial charge is 0.291 e. The molecule has 0 radical (unpaired) electrons. The molecule has 2 aromatic rings. The lowest BCUT2D eigenvalue weighted by Crippen LogP contribution is -2.32. The van der Waals surface area contributed by atoms with Crippen molar-refractivity contribution in [2.45, 2.75) is 40.5 Å². The van der Waals surface area contributed by atoms with E-state index in [2.05, 4.69) is 85.2 Å². The van der Waals surface area contributed by atoms with Crippen LogP contribution in [0.15, 0.2) is 30.3 Å². The number of imidazole rings is 1. The van der Waals surface area contributed by atoms with Crippen LogP contribution in [0.3, 0.4) is 0 Å². The molecule has 21 heavy (non-hydrogen) atoms. The molecular formula is C18H23IN2. The first-order chi connectivity index (χ1) is 10.00. The van der Waals surface area contributed by atoms with Gasteiger partial charge in [-0.3, -0.25) is 4.57 Å². The molecule has 1 heterocycles. The average molecular weight is 394 g/mol. The highest BCUT2D eigenvalue weighted by atomic mass is 127. The summed E-state index contributed by atoms with van der Waals surface area (Å²) in [6.45, 7) is 9.52. The van der Waals surface area contributed by atoms with E-state index in [0.29, 0.717) is 11.8 Å². The molecule has 0 amide bonds. The second-order valence-electron chi connectivity index (χ2n) is 6.52. The van der Waals surface area contributed by atoms with Gasteiger partial charge >= 0.3 is 0 Å². The van der Waals surface area contributed by atoms with E-state index in [4.69, 9.17) is 4.98 Å². The maximum atomic E-state index is 4.74. The van der Waals surface area contributed by atoms with Crippen LogP contribution in [0.4, 0.5) is 0 Å². The third-order valence-corrected chi connectivity index (χ3v) is 6.36. The molecule has 112 valence electrons. The summed E-state index contributed by atoms with van der Waals surface area (Å²) in [5.41, 5.74) is 3.99. The minimum atomic E-state index is 0.220. The molecule has 3 atom stereocenters. The molecule has 1 aliphatic carbocycles. The molecule has 0 saturated heterocycles. The maximum absolute atomic E-state index is 4.74. The van der Waals surface area contributed by atoms with Crippen molar-refractivity contribution in [3.05, 3.63) is 34.2 Å². The lowest BCUT2D eigenvalue weighted by atomic mass is 9.68. The van der Waals surface area contributed by atoms with Crippen LogP contribution in [-0.2, 0) is 0 Å². The zero-order chi connectivity index (χ0) is 15.2. The van der Waals surface area contributed by atoms with Gasteiger partial charge in [0.15, 0.2) is 3.83 Å². The molecule has 1 aromatic heterocycles. The molecule has 3 rings (SSSR count). The monoisotopic (exact) mass is 394 g/mol. The highest BCUT2D eigenvalue weighted by molar-refractivity contribution is 14.1. The highest BCUT2D eigenvalue weighted by Gasteiger charge is 2.44. The van der Waals surface area contributed by atoms with Crippen molar-refractivity contribution in [1.82, 2.24) is 9.55 Å². The molecule has 3 heteroatoms. The number of allylic oxidation sites excluding steroid dienone is 2. The number of nitrogens with zero attached hydrogens (tertiary/aromatic N) is 2. The third-order valence-electron chi connectivity index (χ3n) is 5.64. The SMILES string of the molecule is CCC(C)[C@]1(C)C(n2c(I)nc3ccccc32)=CCC1C. The normalized spacial score (nSPS) is 27.1. The number of hydrogen-bond acceptors (Lipinski definition) is 1. The molecule has 0 spiro atoms. The van der Waals surface area contributed by atoms with Crippen LogP contribution in [0.25, 0.3) is 16.7 Å². The molecule has 0 N–H and O–H groups in total. The van der Waals surface area contributed by atoms with Gasteiger partial charge in [0.05, 0.1) is 11.0 Å². The van der Waals surface area contributed by atoms with Crippen LogP contribution >= 0.6 is 22.6 Å². The number of para-hydroxylation sites is 2. The first kappa shape index (κ1) is 15.1. The standard InChI is InChI=1S/C18H23IN2/c1-5-12(2)18(4)13(3)10-11-16(18)21-15-9-7-6-8-14(15)20-17(21)19/h6-9,11-13H,5,10H2,1-4H3/t12?,13?,18-/m0/s1. The number of rotatable bonds is 3. The summed E-state index contributed by atoms with van der Waals surface area (Å²) in [6, 6.07) is 8.46. The van der Waals surface area contributed by atoms with Crippen molar-refractivity contribution >= 4 is 39.3 Å². The van der Waals surface area contributed by atoms with Gasteiger partial charge < -0.3 is 0 Å². The molecule has 0 aliphatic heterocycles. The number of hydrogen-bond donors (Lipinski definition) is 0. The summed E-state index contributed by atoms with van der Waals surface area (Å²) in [4.78, 5) is 4.74. The van der Waals surface area contributed by atoms with E-state index in [9.17, 15) is 0 Å². The fourth-order valence-corrected chi connectivity index (χ4v) is 4.51. The molecular weight excluding hydrogens is 371 g/mol. The van der Waals surface area contributed by atoms with Crippen LogP contribution in [0.5, 0.6) is 0 Å². The summed E-state index contributed by atoms with van der Waals surface area (Å²) in [6.07, 6.45) is 4.81. The minimum Gasteiger partial charge on any atom is -0.291 e. The quantitative estimate of drug-likeness (QED) is 0.622. The minimum absolute atomic E-state index is 0.220. The molecule has 2 nitrogen and oxygen atoms in total. The van der Waals surface area contributed by atoms with Crippen LogP contribution in [0.1, 0.15) is 40.5 Å². The van der Waals surface area contributed by atoms with Crippen molar-refractivity contribution in [2.75, 3.05) is 0 Å². The average Bonchev–Trinajstić information content (AvgIpc) is 2.96. The predicted octanol–water partition coefficient (Wildman–Crippen LogP) is 5.57. The van der Waals surface area contributed by atoms with Gasteiger partial charge in [0.1, 0.15) is 0 Å². The van der Waals surface area contributed by atoms with Gasteiger partial charge in [-0.1, -0.05) is 52.3 Å². The lowest BCUT2D eigenvalue weighted by Gasteiger charge is -2.39. The van der Waals surface area contributed by atoms with E-state index >= 15 is 0 Å². The van der Waals surface area contributed by atoms with Gasteiger partial charge in [0, 0.05) is 33.7 Å². The molecule has 2 unspecified atom stereocenters. The van der Waals surface area contributed by atoms with Gasteiger partial charge in [-0.25, -0.2) is 4.98 Å². The summed E-state index contributed by atoms with van der Waals surface area (Å²) in [5, 5.41) is 0. The van der Waals surface area contributed by atoms with Gasteiger partial charge in [-0.15, -0.1) is 0 Å². The summed E-state index contributed by atoms with van der Waals surface area (Å²) < 4.78 is 3.45. The fourth-order valence-electron chi connectivity index (χ4n) is 3.73. The Hall–Kier alpha value is -0.840. The van der Waals surface area contributed by atoms with Crippen molar-refractivity contribution in [3.63, 3.8) is 0 Å². The topological polar surface area (TPSA) is 17.8 Å². The molecule has 1 aromatic carbocycles. The molecule has 0 bridgehead atoms. The van der Waals surface area contributed by atoms with Crippen molar-refractivity contribution < 1.29 is 0 Å². The van der Waals surface area contributed by atoms with E-state index < -0.39 is 0 Å². The van der Waals surface area contributed by atoms with Gasteiger partial charge in [-0.05, 0) is 30.4 Å². The van der Waals surface area contributed by atoms with Gasteiger partial charge in [0.25, 0.3) is 0 Å². The van der Waals surface area contributed by atoms with Crippen molar-refractivity contribution in [3.8, 4) is 0 Å². The zero-order valence-electron chi connectivity index (χ0n) is 13.2. The van der Waals surface area contributed by atoms with Gasteiger partial charge in [-0.2, -0.15) is 0 Å². The first-order valence-electron chi connectivity index (χ1n) is 7.84. The second kappa shape index (κ2) is 5.41. The van der Waals surface area contributed by atoms with E-state index in [1.54, 1.807) is 0 Å². The summed E-state index contributed by atoms with van der Waals surface area (Å²) in [7, 11) is 0. The Kier molecular flexibility index (Phi) is 3.89. The van der Waals surface area contributed by atoms with E-state index in [-0.39, 0.29) is 5.41 Å². The first-order valence-corrected chi connectivity index (χ1v) is 8.92. The van der Waals surface area contributed by atoms with E-state index in [1.165, 1.54) is 24.1 Å².